The van der Waals surface area contributed by atoms with E-state index >= 15 is 0 Å². The second kappa shape index (κ2) is 12.3. The molecule has 1 unspecified atom stereocenters. The number of hydrogen-bond acceptors (Lipinski definition) is 4. The maximum Gasteiger partial charge on any atom is 0.191 e. The minimum Gasteiger partial charge on any atom is -0.356 e. The molecule has 2 heterocycles. The maximum absolute atomic E-state index is 4.54. The average Bonchev–Trinajstić information content (AvgIpc) is 2.81. The molecule has 0 bridgehead atoms. The van der Waals surface area contributed by atoms with Crippen LogP contribution in [-0.4, -0.2) is 98.7 Å². The quantitative estimate of drug-likeness (QED) is 0.467. The summed E-state index contributed by atoms with van der Waals surface area (Å²) in [6.07, 6.45) is 11.0. The third-order valence-corrected chi connectivity index (χ3v) is 7.72. The van der Waals surface area contributed by atoms with Crippen LogP contribution in [0, 0.1) is 5.92 Å². The summed E-state index contributed by atoms with van der Waals surface area (Å²) in [5.74, 6) is 1.61. The van der Waals surface area contributed by atoms with Gasteiger partial charge in [0.05, 0.1) is 0 Å². The van der Waals surface area contributed by atoms with Gasteiger partial charge in [-0.2, -0.15) is 0 Å². The summed E-state index contributed by atoms with van der Waals surface area (Å²) in [6.45, 7) is 16.5. The van der Waals surface area contributed by atoms with Crippen molar-refractivity contribution >= 4 is 5.96 Å². The average molecular weight is 421 g/mol. The van der Waals surface area contributed by atoms with Crippen molar-refractivity contribution < 1.29 is 0 Å². The number of piperidine rings is 1. The summed E-state index contributed by atoms with van der Waals surface area (Å²) in [5.41, 5.74) is 0.348. The maximum atomic E-state index is 4.54. The highest BCUT2D eigenvalue weighted by Gasteiger charge is 2.38. The van der Waals surface area contributed by atoms with Crippen molar-refractivity contribution in [1.82, 2.24) is 25.3 Å². The van der Waals surface area contributed by atoms with Gasteiger partial charge in [-0.25, -0.2) is 0 Å². The normalized spacial score (nSPS) is 25.8. The lowest BCUT2D eigenvalue weighted by atomic mass is 9.79. The van der Waals surface area contributed by atoms with Gasteiger partial charge in [-0.15, -0.1) is 0 Å². The summed E-state index contributed by atoms with van der Waals surface area (Å²) < 4.78 is 0. The molecule has 1 saturated carbocycles. The van der Waals surface area contributed by atoms with Crippen LogP contribution in [0.2, 0.25) is 0 Å². The smallest absolute Gasteiger partial charge is 0.191 e. The van der Waals surface area contributed by atoms with E-state index in [0.29, 0.717) is 11.5 Å². The van der Waals surface area contributed by atoms with E-state index in [4.69, 9.17) is 0 Å². The number of likely N-dealkylation sites (N-methyl/N-ethyl adjacent to an activating group) is 1. The van der Waals surface area contributed by atoms with Gasteiger partial charge in [0.25, 0.3) is 0 Å². The molecule has 3 aliphatic rings. The highest BCUT2D eigenvalue weighted by molar-refractivity contribution is 5.79. The Bertz CT molecular complexity index is 502. The zero-order chi connectivity index (χ0) is 21.2. The van der Waals surface area contributed by atoms with Crippen LogP contribution in [-0.2, 0) is 0 Å². The van der Waals surface area contributed by atoms with Crippen LogP contribution < -0.4 is 10.6 Å². The zero-order valence-corrected chi connectivity index (χ0v) is 20.1. The molecule has 2 saturated heterocycles. The van der Waals surface area contributed by atoms with Crippen molar-refractivity contribution in [2.45, 2.75) is 70.8 Å². The topological polar surface area (TPSA) is 46.1 Å². The Morgan fingerprint density at radius 3 is 2.13 bits per heavy atom. The zero-order valence-electron chi connectivity index (χ0n) is 20.1. The van der Waals surface area contributed by atoms with Crippen molar-refractivity contribution in [1.29, 1.82) is 0 Å². The number of rotatable bonds is 8. The Morgan fingerprint density at radius 2 is 1.50 bits per heavy atom. The third kappa shape index (κ3) is 6.83. The summed E-state index contributed by atoms with van der Waals surface area (Å²) in [5, 5.41) is 7.35. The van der Waals surface area contributed by atoms with Crippen LogP contribution in [0.15, 0.2) is 4.99 Å². The molecule has 0 aromatic rings. The number of nitrogens with zero attached hydrogens (tertiary/aromatic N) is 4. The van der Waals surface area contributed by atoms with Crippen molar-refractivity contribution in [3.05, 3.63) is 0 Å². The van der Waals surface area contributed by atoms with Crippen LogP contribution >= 0.6 is 0 Å². The molecule has 1 atom stereocenters. The fraction of sp³-hybridized carbons (Fsp3) is 0.958. The highest BCUT2D eigenvalue weighted by Crippen LogP contribution is 2.35. The van der Waals surface area contributed by atoms with Gasteiger partial charge in [0.1, 0.15) is 0 Å². The molecule has 0 aromatic heterocycles. The molecule has 0 spiro atoms. The monoisotopic (exact) mass is 420 g/mol. The van der Waals surface area contributed by atoms with Crippen LogP contribution in [0.3, 0.4) is 0 Å². The predicted molar refractivity (Wildman–Crippen MR) is 128 cm³/mol. The molecular weight excluding hydrogens is 372 g/mol. The summed E-state index contributed by atoms with van der Waals surface area (Å²) in [4.78, 5) is 12.5. The number of nitrogens with one attached hydrogen (secondary N) is 2. The van der Waals surface area contributed by atoms with Crippen LogP contribution in [0.5, 0.6) is 0 Å². The van der Waals surface area contributed by atoms with E-state index in [-0.39, 0.29) is 0 Å². The lowest BCUT2D eigenvalue weighted by molar-refractivity contribution is 0.0368. The van der Waals surface area contributed by atoms with Crippen LogP contribution in [0.25, 0.3) is 0 Å². The fourth-order valence-electron chi connectivity index (χ4n) is 5.72. The number of likely N-dealkylation sites (tertiary alicyclic amines) is 1. The van der Waals surface area contributed by atoms with E-state index < -0.39 is 0 Å². The largest absolute Gasteiger partial charge is 0.356 e. The highest BCUT2D eigenvalue weighted by atomic mass is 15.3. The fourth-order valence-corrected chi connectivity index (χ4v) is 5.72. The van der Waals surface area contributed by atoms with Gasteiger partial charge in [-0.1, -0.05) is 39.5 Å². The van der Waals surface area contributed by atoms with E-state index in [2.05, 4.69) is 44.2 Å². The molecule has 174 valence electrons. The van der Waals surface area contributed by atoms with Crippen molar-refractivity contribution in [3.8, 4) is 0 Å². The lowest BCUT2D eigenvalue weighted by Crippen LogP contribution is -2.59. The second-order valence-corrected chi connectivity index (χ2v) is 9.98. The summed E-state index contributed by atoms with van der Waals surface area (Å²) in [7, 11) is 1.92. The van der Waals surface area contributed by atoms with E-state index in [1.54, 1.807) is 0 Å². The van der Waals surface area contributed by atoms with Gasteiger partial charge in [0.2, 0.25) is 0 Å². The van der Waals surface area contributed by atoms with E-state index in [0.717, 1.165) is 19.0 Å². The van der Waals surface area contributed by atoms with Gasteiger partial charge in [0, 0.05) is 58.4 Å². The Balaban J connectivity index is 1.43. The molecule has 2 aliphatic heterocycles. The standard InChI is InChI=1S/C24H48N6/c1-4-28-15-17-29(18-16-28)20-22(2)19-26-23(25-3)27-21-24(11-7-5-8-12-24)30-13-9-6-10-14-30/h22H,4-21H2,1-3H3,(H2,25,26,27). The van der Waals surface area contributed by atoms with E-state index in [1.807, 2.05) is 7.05 Å². The summed E-state index contributed by atoms with van der Waals surface area (Å²) >= 11 is 0. The first-order valence-corrected chi connectivity index (χ1v) is 12.8. The predicted octanol–water partition coefficient (Wildman–Crippen LogP) is 2.61. The molecule has 30 heavy (non-hydrogen) atoms. The first-order valence-electron chi connectivity index (χ1n) is 12.8. The van der Waals surface area contributed by atoms with Crippen molar-refractivity contribution in [2.75, 3.05) is 72.5 Å². The van der Waals surface area contributed by atoms with E-state index in [1.165, 1.54) is 104 Å². The number of aliphatic imine (C=N–C) groups is 1. The second-order valence-electron chi connectivity index (χ2n) is 9.98. The van der Waals surface area contributed by atoms with Gasteiger partial charge in [0.15, 0.2) is 5.96 Å². The molecule has 6 heteroatoms. The summed E-state index contributed by atoms with van der Waals surface area (Å²) in [6, 6.07) is 0. The molecule has 0 aromatic carbocycles. The van der Waals surface area contributed by atoms with E-state index in [9.17, 15) is 0 Å². The van der Waals surface area contributed by atoms with Gasteiger partial charge in [-0.05, 0) is 51.2 Å². The van der Waals surface area contributed by atoms with Crippen LogP contribution in [0.1, 0.15) is 65.2 Å². The molecule has 3 rings (SSSR count). The number of hydrogen-bond donors (Lipinski definition) is 2. The molecule has 0 radical (unpaired) electrons. The Kier molecular flexibility index (Phi) is 9.72. The van der Waals surface area contributed by atoms with Gasteiger partial charge in [-0.3, -0.25) is 9.89 Å². The Labute approximate surface area is 185 Å². The number of piperazine rings is 1. The minimum absolute atomic E-state index is 0.348. The van der Waals surface area contributed by atoms with Crippen molar-refractivity contribution in [3.63, 3.8) is 0 Å². The first kappa shape index (κ1) is 23.8. The lowest BCUT2D eigenvalue weighted by Gasteiger charge is -2.48. The molecule has 3 fully saturated rings. The third-order valence-electron chi connectivity index (χ3n) is 7.72. The molecule has 1 aliphatic carbocycles. The van der Waals surface area contributed by atoms with Gasteiger partial charge < -0.3 is 20.4 Å². The van der Waals surface area contributed by atoms with Crippen LogP contribution in [0.4, 0.5) is 0 Å². The number of guanidine groups is 1. The Hall–Kier alpha value is -0.850. The molecular formula is C24H48N6. The first-order chi connectivity index (χ1) is 14.6. The molecule has 2 N–H and O–H groups in total. The SMILES string of the molecule is CCN1CCN(CC(C)CNC(=NC)NCC2(N3CCCCC3)CCCCC2)CC1. The van der Waals surface area contributed by atoms with Crippen molar-refractivity contribution in [2.24, 2.45) is 10.9 Å². The molecule has 0 amide bonds. The molecule has 6 nitrogen and oxygen atoms in total. The minimum atomic E-state index is 0.348. The Morgan fingerprint density at radius 1 is 0.867 bits per heavy atom. The van der Waals surface area contributed by atoms with Gasteiger partial charge >= 0.3 is 0 Å².